The second-order valence-electron chi connectivity index (χ2n) is 12.1. The van der Waals surface area contributed by atoms with Crippen LogP contribution in [-0.2, 0) is 16.6 Å². The van der Waals surface area contributed by atoms with Crippen LogP contribution in [0.3, 0.4) is 0 Å². The predicted octanol–water partition coefficient (Wildman–Crippen LogP) is 7.28. The number of rotatable bonds is 14. The van der Waals surface area contributed by atoms with Crippen molar-refractivity contribution in [3.63, 3.8) is 0 Å². The molecule has 3 N–H and O–H groups in total. The normalized spacial score (nSPS) is 17.0. The highest BCUT2D eigenvalue weighted by Crippen LogP contribution is 2.42. The van der Waals surface area contributed by atoms with Gasteiger partial charge in [-0.15, -0.1) is 0 Å². The van der Waals surface area contributed by atoms with Crippen LogP contribution in [0, 0.1) is 19.3 Å². The van der Waals surface area contributed by atoms with Crippen molar-refractivity contribution in [3.05, 3.63) is 64.2 Å². The molecule has 5 nitrogen and oxygen atoms in total. The molecule has 1 saturated carbocycles. The quantitative estimate of drug-likeness (QED) is 0.235. The van der Waals surface area contributed by atoms with Crippen LogP contribution in [0.4, 0.5) is 0 Å². The smallest absolute Gasteiger partial charge is 0.303 e. The zero-order valence-electron chi connectivity index (χ0n) is 24.8. The third-order valence-electron chi connectivity index (χ3n) is 9.44. The molecule has 0 spiro atoms. The first kappa shape index (κ1) is 31.2. The Kier molecular flexibility index (Phi) is 11.0. The number of hydrogen-bond acceptors (Lipinski definition) is 4. The van der Waals surface area contributed by atoms with Gasteiger partial charge in [0, 0.05) is 11.8 Å². The van der Waals surface area contributed by atoms with Crippen LogP contribution in [-0.4, -0.2) is 40.1 Å². The Morgan fingerprint density at radius 2 is 1.56 bits per heavy atom. The van der Waals surface area contributed by atoms with E-state index in [-0.39, 0.29) is 36.4 Å². The lowest BCUT2D eigenvalue weighted by molar-refractivity contribution is -0.137. The fourth-order valence-electron chi connectivity index (χ4n) is 6.51. The summed E-state index contributed by atoms with van der Waals surface area (Å²) in [5.74, 6) is -0.203. The van der Waals surface area contributed by atoms with Gasteiger partial charge in [0.2, 0.25) is 0 Å². The third-order valence-corrected chi connectivity index (χ3v) is 9.44. The van der Waals surface area contributed by atoms with Crippen molar-refractivity contribution in [2.45, 2.75) is 123 Å². The number of aliphatic carboxylic acids is 1. The molecule has 0 saturated heterocycles. The molecule has 39 heavy (non-hydrogen) atoms. The Morgan fingerprint density at radius 3 is 2.13 bits per heavy atom. The number of aryl methyl sites for hydroxylation is 3. The Morgan fingerprint density at radius 1 is 0.949 bits per heavy atom. The molecule has 0 aromatic heterocycles. The summed E-state index contributed by atoms with van der Waals surface area (Å²) in [5.41, 5.74) is 6.11. The van der Waals surface area contributed by atoms with Crippen LogP contribution in [0.15, 0.2) is 36.4 Å². The van der Waals surface area contributed by atoms with Crippen molar-refractivity contribution >= 4 is 5.97 Å². The molecule has 1 unspecified atom stereocenters. The van der Waals surface area contributed by atoms with Crippen molar-refractivity contribution in [2.75, 3.05) is 6.61 Å². The highest BCUT2D eigenvalue weighted by Gasteiger charge is 2.34. The average Bonchev–Trinajstić information content (AvgIpc) is 2.92. The van der Waals surface area contributed by atoms with Crippen LogP contribution < -0.4 is 4.74 Å². The molecule has 0 bridgehead atoms. The second kappa shape index (κ2) is 13.8. The standard InChI is InChI=1S/C34H50O5/c1-6-34(7-2,28-14-16-30(25(4)22-28)39-23-29(35)15-18-32(37)38)27-13-11-26(24(3)21-27)12-17-31(36)33(5)19-9-8-10-20-33/h11,13-14,16,21-22,29,31,35-36H,6-10,12,15,17-20,23H2,1-5H3,(H,37,38)/t29-,31?/m1/s1. The van der Waals surface area contributed by atoms with Crippen molar-refractivity contribution in [3.8, 4) is 5.75 Å². The van der Waals surface area contributed by atoms with Crippen molar-refractivity contribution in [2.24, 2.45) is 5.41 Å². The lowest BCUT2D eigenvalue weighted by Gasteiger charge is -2.38. The van der Waals surface area contributed by atoms with E-state index in [1.807, 2.05) is 13.0 Å². The van der Waals surface area contributed by atoms with Gasteiger partial charge in [0.15, 0.2) is 0 Å². The largest absolute Gasteiger partial charge is 0.491 e. The number of carbonyl (C=O) groups is 1. The molecule has 3 rings (SSSR count). The SMILES string of the molecule is CCC(CC)(c1ccc(CCC(O)C2(C)CCCCC2)c(C)c1)c1ccc(OC[C@H](O)CCC(=O)O)c(C)c1. The summed E-state index contributed by atoms with van der Waals surface area (Å²) < 4.78 is 5.84. The number of carboxylic acids is 1. The second-order valence-corrected chi connectivity index (χ2v) is 12.1. The van der Waals surface area contributed by atoms with Gasteiger partial charge in [-0.05, 0) is 98.1 Å². The van der Waals surface area contributed by atoms with Gasteiger partial charge < -0.3 is 20.1 Å². The van der Waals surface area contributed by atoms with Gasteiger partial charge in [-0.1, -0.05) is 70.4 Å². The lowest BCUT2D eigenvalue weighted by atomic mass is 9.69. The topological polar surface area (TPSA) is 87.0 Å². The number of hydrogen-bond donors (Lipinski definition) is 3. The number of aliphatic hydroxyl groups excluding tert-OH is 2. The summed E-state index contributed by atoms with van der Waals surface area (Å²) in [5, 5.41) is 29.9. The third kappa shape index (κ3) is 7.64. The van der Waals surface area contributed by atoms with Crippen molar-refractivity contribution < 1.29 is 24.9 Å². The summed E-state index contributed by atoms with van der Waals surface area (Å²) in [6, 6.07) is 13.2. The molecule has 0 heterocycles. The van der Waals surface area contributed by atoms with Crippen LogP contribution in [0.1, 0.15) is 113 Å². The summed E-state index contributed by atoms with van der Waals surface area (Å²) >= 11 is 0. The van der Waals surface area contributed by atoms with E-state index < -0.39 is 12.1 Å². The van der Waals surface area contributed by atoms with E-state index in [2.05, 4.69) is 58.0 Å². The molecule has 1 aliphatic rings. The lowest BCUT2D eigenvalue weighted by Crippen LogP contribution is -2.34. The number of aliphatic hydroxyl groups is 2. The number of benzene rings is 2. The minimum Gasteiger partial charge on any atom is -0.491 e. The minimum atomic E-state index is -0.917. The molecule has 2 aromatic rings. The van der Waals surface area contributed by atoms with E-state index in [0.29, 0.717) is 5.75 Å². The zero-order valence-corrected chi connectivity index (χ0v) is 24.8. The molecule has 0 aliphatic heterocycles. The van der Waals surface area contributed by atoms with E-state index in [1.165, 1.54) is 41.5 Å². The van der Waals surface area contributed by atoms with Crippen molar-refractivity contribution in [1.82, 2.24) is 0 Å². The summed E-state index contributed by atoms with van der Waals surface area (Å²) in [6.45, 7) is 11.0. The van der Waals surface area contributed by atoms with E-state index in [4.69, 9.17) is 9.84 Å². The number of ether oxygens (including phenoxy) is 1. The maximum Gasteiger partial charge on any atom is 0.303 e. The fraction of sp³-hybridized carbons (Fsp3) is 0.618. The van der Waals surface area contributed by atoms with Gasteiger partial charge >= 0.3 is 5.97 Å². The van der Waals surface area contributed by atoms with Crippen LogP contribution >= 0.6 is 0 Å². The van der Waals surface area contributed by atoms with Gasteiger partial charge in [0.25, 0.3) is 0 Å². The zero-order chi connectivity index (χ0) is 28.6. The van der Waals surface area contributed by atoms with E-state index in [0.717, 1.165) is 44.1 Å². The molecule has 5 heteroatoms. The summed E-state index contributed by atoms with van der Waals surface area (Å²) in [7, 11) is 0. The first-order valence-electron chi connectivity index (χ1n) is 15.0. The molecule has 1 aliphatic carbocycles. The Labute approximate surface area is 235 Å². The minimum absolute atomic E-state index is 0.0654. The van der Waals surface area contributed by atoms with Crippen LogP contribution in [0.2, 0.25) is 0 Å². The van der Waals surface area contributed by atoms with Crippen LogP contribution in [0.25, 0.3) is 0 Å². The highest BCUT2D eigenvalue weighted by atomic mass is 16.5. The average molecular weight is 539 g/mol. The van der Waals surface area contributed by atoms with Gasteiger partial charge in [-0.2, -0.15) is 0 Å². The predicted molar refractivity (Wildman–Crippen MR) is 158 cm³/mol. The number of carboxylic acid groups (broad SMARTS) is 1. The molecular formula is C34H50O5. The molecule has 2 aromatic carbocycles. The van der Waals surface area contributed by atoms with Crippen molar-refractivity contribution in [1.29, 1.82) is 0 Å². The van der Waals surface area contributed by atoms with E-state index >= 15 is 0 Å². The first-order valence-corrected chi connectivity index (χ1v) is 15.0. The summed E-state index contributed by atoms with van der Waals surface area (Å²) in [6.07, 6.45) is 8.73. The van der Waals surface area contributed by atoms with Gasteiger partial charge in [0.05, 0.1) is 12.2 Å². The first-order chi connectivity index (χ1) is 18.5. The van der Waals surface area contributed by atoms with Gasteiger partial charge in [0.1, 0.15) is 12.4 Å². The molecule has 1 fully saturated rings. The molecule has 0 amide bonds. The maximum atomic E-state index is 11.0. The fourth-order valence-corrected chi connectivity index (χ4v) is 6.51. The Bertz CT molecular complexity index is 1080. The molecule has 0 radical (unpaired) electrons. The van der Waals surface area contributed by atoms with Crippen LogP contribution in [0.5, 0.6) is 5.75 Å². The Hall–Kier alpha value is -2.37. The Balaban J connectivity index is 1.74. The summed E-state index contributed by atoms with van der Waals surface area (Å²) in [4.78, 5) is 10.7. The molecule has 216 valence electrons. The maximum absolute atomic E-state index is 11.0. The van der Waals surface area contributed by atoms with E-state index in [9.17, 15) is 15.0 Å². The molecule has 2 atom stereocenters. The van der Waals surface area contributed by atoms with E-state index in [1.54, 1.807) is 0 Å². The van der Waals surface area contributed by atoms with Gasteiger partial charge in [-0.3, -0.25) is 4.79 Å². The monoisotopic (exact) mass is 538 g/mol. The molecular weight excluding hydrogens is 488 g/mol. The van der Waals surface area contributed by atoms with Gasteiger partial charge in [-0.25, -0.2) is 0 Å². The highest BCUT2D eigenvalue weighted by molar-refractivity contribution is 5.66.